The zero-order valence-electron chi connectivity index (χ0n) is 10.7. The minimum absolute atomic E-state index is 0.0477. The summed E-state index contributed by atoms with van der Waals surface area (Å²) < 4.78 is 6.26. The predicted octanol–water partition coefficient (Wildman–Crippen LogP) is 1.78. The van der Waals surface area contributed by atoms with Crippen molar-refractivity contribution in [1.82, 2.24) is 4.57 Å². The standard InChI is InChI=1S/C13H14N2O3S/c1-15-12(16)11(19-13(15)17)8-14-7-9-3-5-10(18-2)6-4-9/h3-6,8,16H,7H2,1-2H3. The molecule has 1 aromatic carbocycles. The van der Waals surface area contributed by atoms with Crippen molar-refractivity contribution < 1.29 is 9.84 Å². The van der Waals surface area contributed by atoms with Gasteiger partial charge in [-0.1, -0.05) is 23.5 Å². The Labute approximate surface area is 114 Å². The van der Waals surface area contributed by atoms with Crippen LogP contribution < -0.4 is 9.61 Å². The number of hydrogen-bond acceptors (Lipinski definition) is 5. The second-order valence-corrected chi connectivity index (χ2v) is 4.93. The molecule has 0 atom stereocenters. The van der Waals surface area contributed by atoms with Crippen LogP contribution >= 0.6 is 11.3 Å². The molecule has 2 rings (SSSR count). The van der Waals surface area contributed by atoms with E-state index < -0.39 is 0 Å². The molecule has 19 heavy (non-hydrogen) atoms. The van der Waals surface area contributed by atoms with Crippen LogP contribution in [0.2, 0.25) is 0 Å². The Morgan fingerprint density at radius 1 is 1.42 bits per heavy atom. The molecule has 0 aliphatic heterocycles. The highest BCUT2D eigenvalue weighted by atomic mass is 32.1. The number of hydrogen-bond donors (Lipinski definition) is 1. The number of thiazole rings is 1. The molecule has 1 heterocycles. The topological polar surface area (TPSA) is 63.8 Å². The fourth-order valence-corrected chi connectivity index (χ4v) is 2.28. The Morgan fingerprint density at radius 3 is 2.63 bits per heavy atom. The molecule has 1 N–H and O–H groups in total. The van der Waals surface area contributed by atoms with Crippen molar-refractivity contribution >= 4 is 17.6 Å². The third kappa shape index (κ3) is 3.03. The molecule has 0 unspecified atom stereocenters. The largest absolute Gasteiger partial charge is 0.497 e. The van der Waals surface area contributed by atoms with Crippen LogP contribution in [0.25, 0.3) is 0 Å². The number of aromatic hydroxyl groups is 1. The number of nitrogens with zero attached hydrogens (tertiary/aromatic N) is 2. The molecule has 0 aliphatic rings. The molecule has 1 aromatic heterocycles. The van der Waals surface area contributed by atoms with Crippen LogP contribution in [-0.2, 0) is 13.6 Å². The lowest BCUT2D eigenvalue weighted by atomic mass is 10.2. The Hall–Kier alpha value is -2.08. The molecule has 0 spiro atoms. The van der Waals surface area contributed by atoms with Crippen molar-refractivity contribution in [2.24, 2.45) is 12.0 Å². The van der Waals surface area contributed by atoms with Crippen molar-refractivity contribution in [2.75, 3.05) is 7.11 Å². The summed E-state index contributed by atoms with van der Waals surface area (Å²) in [5, 5.41) is 9.65. The first-order valence-electron chi connectivity index (χ1n) is 5.63. The van der Waals surface area contributed by atoms with Crippen molar-refractivity contribution in [3.63, 3.8) is 0 Å². The van der Waals surface area contributed by atoms with Crippen molar-refractivity contribution in [1.29, 1.82) is 0 Å². The number of benzene rings is 1. The van der Waals surface area contributed by atoms with Crippen molar-refractivity contribution in [3.8, 4) is 11.6 Å². The van der Waals surface area contributed by atoms with Gasteiger partial charge in [-0.05, 0) is 17.7 Å². The van der Waals surface area contributed by atoms with Crippen LogP contribution in [0.15, 0.2) is 34.1 Å². The minimum Gasteiger partial charge on any atom is -0.497 e. The molecule has 0 radical (unpaired) electrons. The molecule has 5 nitrogen and oxygen atoms in total. The molecular formula is C13H14N2O3S. The van der Waals surface area contributed by atoms with Crippen LogP contribution in [0.5, 0.6) is 11.6 Å². The monoisotopic (exact) mass is 278 g/mol. The van der Waals surface area contributed by atoms with Crippen molar-refractivity contribution in [2.45, 2.75) is 6.54 Å². The maximum absolute atomic E-state index is 11.3. The van der Waals surface area contributed by atoms with Gasteiger partial charge in [0.1, 0.15) is 10.6 Å². The van der Waals surface area contributed by atoms with Gasteiger partial charge in [-0.2, -0.15) is 0 Å². The van der Waals surface area contributed by atoms with Crippen LogP contribution in [0.4, 0.5) is 0 Å². The second kappa shape index (κ2) is 5.71. The average molecular weight is 278 g/mol. The van der Waals surface area contributed by atoms with Gasteiger partial charge in [-0.25, -0.2) is 0 Å². The van der Waals surface area contributed by atoms with E-state index in [9.17, 15) is 9.90 Å². The molecule has 0 saturated heterocycles. The van der Waals surface area contributed by atoms with E-state index in [2.05, 4.69) is 4.99 Å². The van der Waals surface area contributed by atoms with Gasteiger partial charge in [0, 0.05) is 13.3 Å². The third-order valence-electron chi connectivity index (χ3n) is 2.65. The molecule has 6 heteroatoms. The van der Waals surface area contributed by atoms with Crippen LogP contribution in [0.1, 0.15) is 10.4 Å². The maximum atomic E-state index is 11.3. The molecule has 0 amide bonds. The summed E-state index contributed by atoms with van der Waals surface area (Å²) >= 11 is 0.970. The SMILES string of the molecule is COc1ccc(CN=Cc2sc(=O)n(C)c2O)cc1. The first-order valence-corrected chi connectivity index (χ1v) is 6.45. The van der Waals surface area contributed by atoms with Crippen molar-refractivity contribution in [3.05, 3.63) is 44.4 Å². The summed E-state index contributed by atoms with van der Waals surface area (Å²) in [4.78, 5) is 15.8. The van der Waals surface area contributed by atoms with Crippen LogP contribution in [0.3, 0.4) is 0 Å². The highest BCUT2D eigenvalue weighted by molar-refractivity contribution is 7.11. The normalized spacial score (nSPS) is 11.1. The molecule has 0 bridgehead atoms. The molecule has 100 valence electrons. The Kier molecular flexibility index (Phi) is 4.01. The first-order chi connectivity index (χ1) is 9.11. The van der Waals surface area contributed by atoms with Gasteiger partial charge < -0.3 is 9.84 Å². The number of aromatic nitrogens is 1. The van der Waals surface area contributed by atoms with E-state index in [0.29, 0.717) is 11.4 Å². The lowest BCUT2D eigenvalue weighted by molar-refractivity contribution is 0.414. The van der Waals surface area contributed by atoms with Gasteiger partial charge in [0.25, 0.3) is 0 Å². The zero-order valence-corrected chi connectivity index (χ0v) is 11.5. The van der Waals surface area contributed by atoms with E-state index in [0.717, 1.165) is 22.6 Å². The lowest BCUT2D eigenvalue weighted by Gasteiger charge is -2.00. The lowest BCUT2D eigenvalue weighted by Crippen LogP contribution is -2.05. The summed E-state index contributed by atoms with van der Waals surface area (Å²) in [7, 11) is 3.14. The third-order valence-corrected chi connectivity index (χ3v) is 3.61. The molecular weight excluding hydrogens is 264 g/mol. The molecule has 2 aromatic rings. The Balaban J connectivity index is 2.06. The highest BCUT2D eigenvalue weighted by Crippen LogP contribution is 2.16. The van der Waals surface area contributed by atoms with E-state index in [1.165, 1.54) is 17.8 Å². The number of methoxy groups -OCH3 is 1. The van der Waals surface area contributed by atoms with Gasteiger partial charge >= 0.3 is 4.87 Å². The highest BCUT2D eigenvalue weighted by Gasteiger charge is 2.07. The molecule has 0 saturated carbocycles. The zero-order chi connectivity index (χ0) is 13.8. The first kappa shape index (κ1) is 13.4. The summed E-state index contributed by atoms with van der Waals surface area (Å²) in [5.41, 5.74) is 1.03. The van der Waals surface area contributed by atoms with E-state index in [-0.39, 0.29) is 10.8 Å². The number of rotatable bonds is 4. The van der Waals surface area contributed by atoms with Gasteiger partial charge in [0.2, 0.25) is 5.88 Å². The maximum Gasteiger partial charge on any atom is 0.310 e. The Bertz CT molecular complexity index is 641. The van der Waals surface area contributed by atoms with E-state index in [4.69, 9.17) is 4.74 Å². The van der Waals surface area contributed by atoms with E-state index in [1.807, 2.05) is 24.3 Å². The summed E-state index contributed by atoms with van der Waals surface area (Å²) in [6.07, 6.45) is 1.52. The number of ether oxygens (including phenoxy) is 1. The summed E-state index contributed by atoms with van der Waals surface area (Å²) in [6.45, 7) is 0.485. The fourth-order valence-electron chi connectivity index (χ4n) is 1.51. The Morgan fingerprint density at radius 2 is 2.11 bits per heavy atom. The molecule has 0 fully saturated rings. The second-order valence-electron chi connectivity index (χ2n) is 3.93. The minimum atomic E-state index is -0.205. The summed E-state index contributed by atoms with van der Waals surface area (Å²) in [5.74, 6) is 0.750. The van der Waals surface area contributed by atoms with E-state index >= 15 is 0 Å². The van der Waals surface area contributed by atoms with Crippen LogP contribution in [0, 0.1) is 0 Å². The fraction of sp³-hybridized carbons (Fsp3) is 0.231. The quantitative estimate of drug-likeness (QED) is 0.867. The van der Waals surface area contributed by atoms with Gasteiger partial charge in [0.15, 0.2) is 0 Å². The summed E-state index contributed by atoms with van der Waals surface area (Å²) in [6, 6.07) is 7.57. The van der Waals surface area contributed by atoms with Crippen LogP contribution in [-0.4, -0.2) is 23.0 Å². The van der Waals surface area contributed by atoms with E-state index in [1.54, 1.807) is 7.11 Å². The van der Waals surface area contributed by atoms with Gasteiger partial charge in [0.05, 0.1) is 13.7 Å². The number of aliphatic imine (C=N–C) groups is 1. The van der Waals surface area contributed by atoms with Gasteiger partial charge in [-0.15, -0.1) is 0 Å². The molecule has 0 aliphatic carbocycles. The average Bonchev–Trinajstić information content (AvgIpc) is 2.67. The predicted molar refractivity (Wildman–Crippen MR) is 75.5 cm³/mol. The van der Waals surface area contributed by atoms with Gasteiger partial charge in [-0.3, -0.25) is 14.4 Å². The smallest absolute Gasteiger partial charge is 0.310 e.